The highest BCUT2D eigenvalue weighted by molar-refractivity contribution is 5.51. The minimum absolute atomic E-state index is 0.548. The number of rotatable bonds is 5. The number of aryl methyl sites for hydroxylation is 1. The zero-order valence-corrected chi connectivity index (χ0v) is 10.2. The molecule has 1 aromatic carbocycles. The monoisotopic (exact) mass is 237 g/mol. The highest BCUT2D eigenvalue weighted by atomic mass is 16.6. The second-order valence-corrected chi connectivity index (χ2v) is 4.05. The molecule has 0 unspecified atom stereocenters. The molecule has 0 bridgehead atoms. The van der Waals surface area contributed by atoms with E-state index in [2.05, 4.69) is 6.07 Å². The van der Waals surface area contributed by atoms with E-state index in [1.54, 1.807) is 7.11 Å². The van der Waals surface area contributed by atoms with Crippen LogP contribution in [0.5, 0.6) is 11.5 Å². The summed E-state index contributed by atoms with van der Waals surface area (Å²) in [4.78, 5) is 0. The first-order valence-corrected chi connectivity index (χ1v) is 5.96. The summed E-state index contributed by atoms with van der Waals surface area (Å²) in [6.45, 7) is 2.46. The molecule has 4 nitrogen and oxygen atoms in total. The van der Waals surface area contributed by atoms with Gasteiger partial charge in [-0.3, -0.25) is 0 Å². The van der Waals surface area contributed by atoms with Crippen LogP contribution in [0.4, 0.5) is 0 Å². The standard InChI is InChI=1S/C13H19NO3/c1-15-9-11-10(3-2-6-14)4-5-12-13(11)17-8-7-16-12/h4-5H,2-3,6-9,14H2,1H3. The smallest absolute Gasteiger partial charge is 0.167 e. The van der Waals surface area contributed by atoms with Gasteiger partial charge < -0.3 is 19.9 Å². The SMILES string of the molecule is COCc1c(CCCN)ccc2c1OCCO2. The van der Waals surface area contributed by atoms with Crippen LogP contribution in [0.3, 0.4) is 0 Å². The Morgan fingerprint density at radius 2 is 2.12 bits per heavy atom. The van der Waals surface area contributed by atoms with E-state index in [1.807, 2.05) is 6.07 Å². The molecule has 2 rings (SSSR count). The summed E-state index contributed by atoms with van der Waals surface area (Å²) >= 11 is 0. The second kappa shape index (κ2) is 5.89. The van der Waals surface area contributed by atoms with Gasteiger partial charge in [0.15, 0.2) is 11.5 Å². The molecule has 0 aromatic heterocycles. The van der Waals surface area contributed by atoms with Crippen LogP contribution in [0.25, 0.3) is 0 Å². The van der Waals surface area contributed by atoms with Gasteiger partial charge in [0.2, 0.25) is 0 Å². The minimum Gasteiger partial charge on any atom is -0.486 e. The van der Waals surface area contributed by atoms with Gasteiger partial charge >= 0.3 is 0 Å². The van der Waals surface area contributed by atoms with E-state index in [9.17, 15) is 0 Å². The molecule has 0 amide bonds. The molecule has 17 heavy (non-hydrogen) atoms. The van der Waals surface area contributed by atoms with Gasteiger partial charge in [-0.05, 0) is 31.0 Å². The van der Waals surface area contributed by atoms with Crippen molar-refractivity contribution in [2.75, 3.05) is 26.9 Å². The van der Waals surface area contributed by atoms with Crippen LogP contribution in [0.1, 0.15) is 17.5 Å². The molecule has 4 heteroatoms. The fraction of sp³-hybridized carbons (Fsp3) is 0.538. The molecular formula is C13H19NO3. The molecule has 1 aliphatic heterocycles. The topological polar surface area (TPSA) is 53.7 Å². The van der Waals surface area contributed by atoms with Gasteiger partial charge in [-0.25, -0.2) is 0 Å². The van der Waals surface area contributed by atoms with E-state index in [-0.39, 0.29) is 0 Å². The summed E-state index contributed by atoms with van der Waals surface area (Å²) < 4.78 is 16.5. The Bertz CT molecular complexity index is 379. The maximum absolute atomic E-state index is 5.69. The Balaban J connectivity index is 2.31. The zero-order valence-electron chi connectivity index (χ0n) is 10.2. The van der Waals surface area contributed by atoms with Crippen molar-refractivity contribution in [3.63, 3.8) is 0 Å². The molecule has 0 spiro atoms. The van der Waals surface area contributed by atoms with Gasteiger partial charge in [0.25, 0.3) is 0 Å². The molecule has 2 N–H and O–H groups in total. The van der Waals surface area contributed by atoms with Crippen molar-refractivity contribution in [2.24, 2.45) is 5.73 Å². The second-order valence-electron chi connectivity index (χ2n) is 4.05. The lowest BCUT2D eigenvalue weighted by Crippen LogP contribution is -2.17. The van der Waals surface area contributed by atoms with Gasteiger partial charge in [-0.1, -0.05) is 6.07 Å². The number of benzene rings is 1. The number of nitrogens with two attached hydrogens (primary N) is 1. The Morgan fingerprint density at radius 3 is 2.88 bits per heavy atom. The largest absolute Gasteiger partial charge is 0.486 e. The fourth-order valence-electron chi connectivity index (χ4n) is 2.04. The Labute approximate surface area is 102 Å². The van der Waals surface area contributed by atoms with Crippen LogP contribution in [-0.2, 0) is 17.8 Å². The predicted octanol–water partition coefficient (Wildman–Crippen LogP) is 1.50. The predicted molar refractivity (Wildman–Crippen MR) is 65.5 cm³/mol. The van der Waals surface area contributed by atoms with Gasteiger partial charge in [0.1, 0.15) is 13.2 Å². The van der Waals surface area contributed by atoms with Crippen molar-refractivity contribution in [2.45, 2.75) is 19.4 Å². The molecule has 0 saturated heterocycles. The summed E-state index contributed by atoms with van der Waals surface area (Å²) in [6, 6.07) is 4.05. The number of ether oxygens (including phenoxy) is 3. The molecule has 1 heterocycles. The summed E-state index contributed by atoms with van der Waals surface area (Å²) in [5.74, 6) is 1.66. The molecule has 1 aromatic rings. The van der Waals surface area contributed by atoms with Crippen LogP contribution in [0.15, 0.2) is 12.1 Å². The van der Waals surface area contributed by atoms with Crippen molar-refractivity contribution in [1.29, 1.82) is 0 Å². The Kier molecular flexibility index (Phi) is 4.23. The van der Waals surface area contributed by atoms with E-state index in [4.69, 9.17) is 19.9 Å². The number of hydrogen-bond acceptors (Lipinski definition) is 4. The number of hydrogen-bond donors (Lipinski definition) is 1. The van der Waals surface area contributed by atoms with Crippen LogP contribution >= 0.6 is 0 Å². The molecular weight excluding hydrogens is 218 g/mol. The minimum atomic E-state index is 0.548. The molecule has 0 aliphatic carbocycles. The van der Waals surface area contributed by atoms with Crippen LogP contribution in [0.2, 0.25) is 0 Å². The lowest BCUT2D eigenvalue weighted by Gasteiger charge is -2.23. The average molecular weight is 237 g/mol. The summed E-state index contributed by atoms with van der Waals surface area (Å²) in [5, 5.41) is 0. The average Bonchev–Trinajstić information content (AvgIpc) is 2.38. The fourth-order valence-corrected chi connectivity index (χ4v) is 2.04. The first kappa shape index (κ1) is 12.2. The highest BCUT2D eigenvalue weighted by Crippen LogP contribution is 2.36. The van der Waals surface area contributed by atoms with Crippen LogP contribution in [-0.4, -0.2) is 26.9 Å². The third kappa shape index (κ3) is 2.70. The van der Waals surface area contributed by atoms with Crippen LogP contribution in [0, 0.1) is 0 Å². The van der Waals surface area contributed by atoms with Crippen molar-refractivity contribution < 1.29 is 14.2 Å². The first-order valence-electron chi connectivity index (χ1n) is 5.96. The van der Waals surface area contributed by atoms with Crippen molar-refractivity contribution in [1.82, 2.24) is 0 Å². The van der Waals surface area contributed by atoms with Gasteiger partial charge in [0.05, 0.1) is 6.61 Å². The van der Waals surface area contributed by atoms with E-state index in [1.165, 1.54) is 5.56 Å². The highest BCUT2D eigenvalue weighted by Gasteiger charge is 2.18. The third-order valence-corrected chi connectivity index (χ3v) is 2.85. The zero-order chi connectivity index (χ0) is 12.1. The van der Waals surface area contributed by atoms with Gasteiger partial charge in [-0.15, -0.1) is 0 Å². The van der Waals surface area contributed by atoms with E-state index in [0.717, 1.165) is 29.9 Å². The first-order chi connectivity index (χ1) is 8.36. The number of fused-ring (bicyclic) bond motifs is 1. The quantitative estimate of drug-likeness (QED) is 0.843. The van der Waals surface area contributed by atoms with Crippen LogP contribution < -0.4 is 15.2 Å². The lowest BCUT2D eigenvalue weighted by atomic mass is 10.0. The van der Waals surface area contributed by atoms with E-state index >= 15 is 0 Å². The Morgan fingerprint density at radius 1 is 1.29 bits per heavy atom. The molecule has 0 fully saturated rings. The maximum Gasteiger partial charge on any atom is 0.167 e. The summed E-state index contributed by atoms with van der Waals surface area (Å²) in [7, 11) is 1.69. The lowest BCUT2D eigenvalue weighted by molar-refractivity contribution is 0.152. The molecule has 0 saturated carbocycles. The summed E-state index contributed by atoms with van der Waals surface area (Å²) in [5.41, 5.74) is 7.88. The molecule has 94 valence electrons. The van der Waals surface area contributed by atoms with E-state index < -0.39 is 0 Å². The normalized spacial score (nSPS) is 13.8. The summed E-state index contributed by atoms with van der Waals surface area (Å²) in [6.07, 6.45) is 1.92. The van der Waals surface area contributed by atoms with Crippen molar-refractivity contribution >= 4 is 0 Å². The van der Waals surface area contributed by atoms with Gasteiger partial charge in [0, 0.05) is 12.7 Å². The third-order valence-electron chi connectivity index (χ3n) is 2.85. The molecule has 0 atom stereocenters. The van der Waals surface area contributed by atoms with Crippen molar-refractivity contribution in [3.05, 3.63) is 23.3 Å². The Hall–Kier alpha value is -1.26. The molecule has 1 aliphatic rings. The molecule has 0 radical (unpaired) electrons. The van der Waals surface area contributed by atoms with Gasteiger partial charge in [-0.2, -0.15) is 0 Å². The maximum atomic E-state index is 5.69. The van der Waals surface area contributed by atoms with E-state index in [0.29, 0.717) is 26.4 Å². The number of methoxy groups -OCH3 is 1. The van der Waals surface area contributed by atoms with Crippen molar-refractivity contribution in [3.8, 4) is 11.5 Å².